The van der Waals surface area contributed by atoms with Crippen molar-refractivity contribution in [2.75, 3.05) is 6.61 Å². The maximum Gasteiger partial charge on any atom is 0.331 e. The van der Waals surface area contributed by atoms with Gasteiger partial charge in [0.15, 0.2) is 6.29 Å². The van der Waals surface area contributed by atoms with Crippen LogP contribution in [0.15, 0.2) is 11.6 Å². The molecule has 13 atom stereocenters. The van der Waals surface area contributed by atoms with E-state index in [0.717, 1.165) is 18.3 Å². The molecule has 6 aliphatic rings. The minimum absolute atomic E-state index is 0.0465. The number of aliphatic hydroxyl groups excluding tert-OH is 3. The monoisotopic (exact) mass is 550 g/mol. The highest BCUT2D eigenvalue weighted by molar-refractivity contribution is 5.85. The van der Waals surface area contributed by atoms with Crippen LogP contribution in [0.1, 0.15) is 71.6 Å². The Morgan fingerprint density at radius 3 is 2.41 bits per heavy atom. The number of rotatable bonds is 4. The summed E-state index contributed by atoms with van der Waals surface area (Å²) in [6, 6.07) is 0. The zero-order chi connectivity index (χ0) is 28.0. The SMILES string of the molecule is C[C@@H]1O[C@H](O[C@@H]2CC[C@]3(C=O)[C@H]4CC[C@]5(C)[C@H](C6=CC(=O)OC6)CC[C@]5(O)[C@@H]4CC[C@]3(O)C2)[C@H](O)[C@@H](O)[C@@H]1O. The first kappa shape index (κ1) is 27.8. The highest BCUT2D eigenvalue weighted by atomic mass is 16.7. The normalized spacial score (nSPS) is 55.2. The van der Waals surface area contributed by atoms with Gasteiger partial charge in [-0.1, -0.05) is 6.92 Å². The Balaban J connectivity index is 1.22. The first-order valence-corrected chi connectivity index (χ1v) is 14.5. The summed E-state index contributed by atoms with van der Waals surface area (Å²) >= 11 is 0. The molecule has 0 amide bonds. The third-order valence-corrected chi connectivity index (χ3v) is 12.0. The lowest BCUT2D eigenvalue weighted by molar-refractivity contribution is -0.317. The summed E-state index contributed by atoms with van der Waals surface area (Å²) in [6.45, 7) is 3.98. The Hall–Kier alpha value is -1.40. The Morgan fingerprint density at radius 2 is 1.72 bits per heavy atom. The van der Waals surface area contributed by atoms with Crippen LogP contribution in [-0.4, -0.2) is 92.4 Å². The Labute approximate surface area is 228 Å². The smallest absolute Gasteiger partial charge is 0.331 e. The van der Waals surface area contributed by atoms with E-state index in [0.29, 0.717) is 44.9 Å². The maximum atomic E-state index is 13.0. The molecule has 5 fully saturated rings. The molecule has 0 aromatic rings. The fourth-order valence-corrected chi connectivity index (χ4v) is 9.75. The van der Waals surface area contributed by atoms with Crippen molar-refractivity contribution in [3.05, 3.63) is 11.6 Å². The molecule has 218 valence electrons. The van der Waals surface area contributed by atoms with Crippen LogP contribution in [-0.2, 0) is 23.8 Å². The highest BCUT2D eigenvalue weighted by Crippen LogP contribution is 2.70. The Kier molecular flexibility index (Phi) is 6.62. The van der Waals surface area contributed by atoms with Crippen LogP contribution in [0.5, 0.6) is 0 Å². The number of aldehydes is 1. The van der Waals surface area contributed by atoms with E-state index in [1.807, 2.05) is 0 Å². The van der Waals surface area contributed by atoms with E-state index in [2.05, 4.69) is 6.92 Å². The molecule has 2 aliphatic heterocycles. The largest absolute Gasteiger partial charge is 0.458 e. The topological polar surface area (TPSA) is 163 Å². The molecule has 0 radical (unpaired) electrons. The van der Waals surface area contributed by atoms with Crippen molar-refractivity contribution in [2.45, 2.75) is 120 Å². The number of cyclic esters (lactones) is 1. The molecule has 10 nitrogen and oxygen atoms in total. The van der Waals surface area contributed by atoms with Crippen LogP contribution in [0, 0.1) is 28.6 Å². The fraction of sp³-hybridized carbons (Fsp3) is 0.862. The van der Waals surface area contributed by atoms with E-state index in [1.54, 1.807) is 13.0 Å². The Morgan fingerprint density at radius 1 is 0.974 bits per heavy atom. The highest BCUT2D eigenvalue weighted by Gasteiger charge is 2.71. The summed E-state index contributed by atoms with van der Waals surface area (Å²) < 4.78 is 16.9. The van der Waals surface area contributed by atoms with Crippen LogP contribution in [0.2, 0.25) is 0 Å². The van der Waals surface area contributed by atoms with Gasteiger partial charge < -0.3 is 44.5 Å². The zero-order valence-electron chi connectivity index (χ0n) is 22.7. The van der Waals surface area contributed by atoms with E-state index < -0.39 is 58.8 Å². The molecule has 0 unspecified atom stereocenters. The van der Waals surface area contributed by atoms with E-state index in [-0.39, 0.29) is 36.8 Å². The number of esters is 1. The van der Waals surface area contributed by atoms with Crippen molar-refractivity contribution >= 4 is 12.3 Å². The molecule has 1 saturated heterocycles. The second kappa shape index (κ2) is 9.31. The number of ether oxygens (including phenoxy) is 3. The van der Waals surface area contributed by atoms with Crippen LogP contribution in [0.3, 0.4) is 0 Å². The number of hydrogen-bond donors (Lipinski definition) is 5. The molecule has 0 spiro atoms. The quantitative estimate of drug-likeness (QED) is 0.192. The molecule has 0 aromatic heterocycles. The van der Waals surface area contributed by atoms with E-state index >= 15 is 0 Å². The molecular weight excluding hydrogens is 508 g/mol. The van der Waals surface area contributed by atoms with Crippen LogP contribution in [0.25, 0.3) is 0 Å². The summed E-state index contributed by atoms with van der Waals surface area (Å²) in [5, 5.41) is 55.0. The molecule has 4 saturated carbocycles. The van der Waals surface area contributed by atoms with Gasteiger partial charge in [-0.2, -0.15) is 0 Å². The first-order chi connectivity index (χ1) is 18.4. The maximum absolute atomic E-state index is 13.0. The van der Waals surface area contributed by atoms with E-state index in [4.69, 9.17) is 14.2 Å². The molecule has 10 heteroatoms. The van der Waals surface area contributed by atoms with Gasteiger partial charge in [0.2, 0.25) is 0 Å². The van der Waals surface area contributed by atoms with Gasteiger partial charge in [0.05, 0.1) is 28.8 Å². The van der Waals surface area contributed by atoms with Crippen molar-refractivity contribution in [2.24, 2.45) is 28.6 Å². The lowest BCUT2D eigenvalue weighted by Gasteiger charge is -2.65. The van der Waals surface area contributed by atoms with Gasteiger partial charge in [-0.05, 0) is 81.6 Å². The third kappa shape index (κ3) is 3.78. The molecule has 5 N–H and O–H groups in total. The van der Waals surface area contributed by atoms with E-state index in [1.165, 1.54) is 0 Å². The second-order valence-corrected chi connectivity index (χ2v) is 13.4. The van der Waals surface area contributed by atoms with Gasteiger partial charge in [-0.3, -0.25) is 0 Å². The number of carbonyl (C=O) groups excluding carboxylic acids is 2. The zero-order valence-corrected chi connectivity index (χ0v) is 22.7. The average molecular weight is 551 g/mol. The van der Waals surface area contributed by atoms with Gasteiger partial charge >= 0.3 is 5.97 Å². The van der Waals surface area contributed by atoms with Gasteiger partial charge in [0.25, 0.3) is 0 Å². The van der Waals surface area contributed by atoms with Crippen molar-refractivity contribution < 1.29 is 49.3 Å². The number of carbonyl (C=O) groups is 2. The minimum Gasteiger partial charge on any atom is -0.458 e. The molecule has 39 heavy (non-hydrogen) atoms. The fourth-order valence-electron chi connectivity index (χ4n) is 9.75. The molecule has 2 heterocycles. The van der Waals surface area contributed by atoms with Crippen molar-refractivity contribution in [3.8, 4) is 0 Å². The van der Waals surface area contributed by atoms with E-state index in [9.17, 15) is 35.1 Å². The molecule has 0 bridgehead atoms. The standard InChI is InChI=1S/C29H42O10/c1-15-22(32)23(33)24(34)25(38-15)39-17-3-8-27(14-30)19-4-7-26(2)18(16-11-21(31)37-13-16)6-10-29(26,36)20(19)5-9-28(27,35)12-17/h11,14-15,17-20,22-25,32-36H,3-10,12-13H2,1-2H3/t15-,17+,18-,19-,20+,22+,23-,24+,25+,26+,27-,28-,29-/m0/s1. The summed E-state index contributed by atoms with van der Waals surface area (Å²) in [4.78, 5) is 24.8. The lowest BCUT2D eigenvalue weighted by atomic mass is 9.41. The first-order valence-electron chi connectivity index (χ1n) is 14.5. The van der Waals surface area contributed by atoms with Crippen LogP contribution < -0.4 is 0 Å². The second-order valence-electron chi connectivity index (χ2n) is 13.4. The van der Waals surface area contributed by atoms with Crippen molar-refractivity contribution in [1.29, 1.82) is 0 Å². The van der Waals surface area contributed by atoms with Gasteiger partial charge in [-0.15, -0.1) is 0 Å². The van der Waals surface area contributed by atoms with Gasteiger partial charge in [0, 0.05) is 17.9 Å². The van der Waals surface area contributed by atoms with Crippen molar-refractivity contribution in [3.63, 3.8) is 0 Å². The third-order valence-electron chi connectivity index (χ3n) is 12.0. The molecule has 4 aliphatic carbocycles. The lowest BCUT2D eigenvalue weighted by Crippen LogP contribution is -2.69. The molecule has 6 rings (SSSR count). The van der Waals surface area contributed by atoms with Crippen LogP contribution >= 0.6 is 0 Å². The summed E-state index contributed by atoms with van der Waals surface area (Å²) in [7, 11) is 0. The predicted molar refractivity (Wildman–Crippen MR) is 135 cm³/mol. The predicted octanol–water partition coefficient (Wildman–Crippen LogP) is 0.750. The van der Waals surface area contributed by atoms with Crippen LogP contribution in [0.4, 0.5) is 0 Å². The number of aliphatic hydroxyl groups is 5. The molecule has 0 aromatic carbocycles. The Bertz CT molecular complexity index is 1050. The number of fused-ring (bicyclic) bond motifs is 5. The average Bonchev–Trinajstić information content (AvgIpc) is 3.45. The van der Waals surface area contributed by atoms with Gasteiger partial charge in [-0.25, -0.2) is 4.79 Å². The molecular formula is C29H42O10. The van der Waals surface area contributed by atoms with Crippen molar-refractivity contribution in [1.82, 2.24) is 0 Å². The minimum atomic E-state index is -1.43. The number of hydrogen-bond acceptors (Lipinski definition) is 10. The summed E-state index contributed by atoms with van der Waals surface area (Å²) in [5.74, 6) is -0.616. The summed E-state index contributed by atoms with van der Waals surface area (Å²) in [5.41, 5.74) is -2.86. The van der Waals surface area contributed by atoms with Gasteiger partial charge in [0.1, 0.15) is 31.2 Å². The summed E-state index contributed by atoms with van der Waals surface area (Å²) in [6.07, 6.45) is 0.689.